The summed E-state index contributed by atoms with van der Waals surface area (Å²) in [4.78, 5) is 27.0. The van der Waals surface area contributed by atoms with Gasteiger partial charge in [-0.05, 0) is 49.9 Å². The molecule has 1 aromatic carbocycles. The van der Waals surface area contributed by atoms with Gasteiger partial charge in [-0.1, -0.05) is 19.3 Å². The van der Waals surface area contributed by atoms with E-state index in [1.807, 2.05) is 4.90 Å². The van der Waals surface area contributed by atoms with Crippen LogP contribution >= 0.6 is 0 Å². The molecule has 1 aliphatic heterocycles. The average Bonchev–Trinajstić information content (AvgIpc) is 2.64. The minimum atomic E-state index is -0.324. The molecule has 2 fully saturated rings. The molecule has 1 atom stereocenters. The molecule has 130 valence electrons. The minimum absolute atomic E-state index is 0.0808. The number of amides is 2. The Labute approximate surface area is 142 Å². The third-order valence-electron chi connectivity index (χ3n) is 5.17. The van der Waals surface area contributed by atoms with Gasteiger partial charge in [0.15, 0.2) is 0 Å². The lowest BCUT2D eigenvalue weighted by Crippen LogP contribution is -2.46. The standard InChI is InChI=1S/C19H25FN2O2/c20-16-8-10-17(11-9-16)21-18(23)15-7-4-12-22(13-15)19(24)14-5-2-1-3-6-14/h8-11,14-15H,1-7,12-13H2,(H,21,23)/t15-/m1/s1. The number of rotatable bonds is 3. The fraction of sp³-hybridized carbons (Fsp3) is 0.579. The molecule has 1 heterocycles. The SMILES string of the molecule is O=C(Nc1ccc(F)cc1)[C@@H]1CCCN(C(=O)C2CCCCC2)C1. The normalized spacial score (nSPS) is 22.2. The van der Waals surface area contributed by atoms with Crippen molar-refractivity contribution in [2.24, 2.45) is 11.8 Å². The third-order valence-corrected chi connectivity index (χ3v) is 5.17. The maximum Gasteiger partial charge on any atom is 0.229 e. The first-order valence-corrected chi connectivity index (χ1v) is 8.99. The summed E-state index contributed by atoms with van der Waals surface area (Å²) in [5, 5.41) is 2.83. The van der Waals surface area contributed by atoms with Crippen LogP contribution in [0.15, 0.2) is 24.3 Å². The summed E-state index contributed by atoms with van der Waals surface area (Å²) in [5.41, 5.74) is 0.595. The highest BCUT2D eigenvalue weighted by molar-refractivity contribution is 5.93. The average molecular weight is 332 g/mol. The van der Waals surface area contributed by atoms with Crippen LogP contribution in [0, 0.1) is 17.7 Å². The highest BCUT2D eigenvalue weighted by Gasteiger charge is 2.32. The van der Waals surface area contributed by atoms with Crippen LogP contribution in [0.4, 0.5) is 10.1 Å². The second-order valence-electron chi connectivity index (χ2n) is 6.95. The van der Waals surface area contributed by atoms with Gasteiger partial charge < -0.3 is 10.2 Å². The lowest BCUT2D eigenvalue weighted by Gasteiger charge is -2.35. The third kappa shape index (κ3) is 4.13. The molecule has 2 amide bonds. The molecule has 0 bridgehead atoms. The van der Waals surface area contributed by atoms with Crippen LogP contribution in [-0.2, 0) is 9.59 Å². The van der Waals surface area contributed by atoms with E-state index in [2.05, 4.69) is 5.32 Å². The molecule has 4 nitrogen and oxygen atoms in total. The van der Waals surface area contributed by atoms with Gasteiger partial charge in [0.1, 0.15) is 5.82 Å². The van der Waals surface area contributed by atoms with E-state index in [1.54, 1.807) is 12.1 Å². The van der Waals surface area contributed by atoms with Crippen molar-refractivity contribution in [2.75, 3.05) is 18.4 Å². The number of hydrogen-bond donors (Lipinski definition) is 1. The minimum Gasteiger partial charge on any atom is -0.342 e. The molecule has 1 saturated heterocycles. The van der Waals surface area contributed by atoms with Crippen molar-refractivity contribution in [3.63, 3.8) is 0 Å². The van der Waals surface area contributed by atoms with Crippen molar-refractivity contribution in [3.05, 3.63) is 30.1 Å². The quantitative estimate of drug-likeness (QED) is 0.920. The van der Waals surface area contributed by atoms with Crippen molar-refractivity contribution in [3.8, 4) is 0 Å². The number of carbonyl (C=O) groups is 2. The van der Waals surface area contributed by atoms with Crippen molar-refractivity contribution >= 4 is 17.5 Å². The second-order valence-corrected chi connectivity index (χ2v) is 6.95. The van der Waals surface area contributed by atoms with Crippen molar-refractivity contribution in [1.29, 1.82) is 0 Å². The molecule has 1 aromatic rings. The van der Waals surface area contributed by atoms with Crippen LogP contribution in [0.3, 0.4) is 0 Å². The lowest BCUT2D eigenvalue weighted by molar-refractivity contribution is -0.139. The summed E-state index contributed by atoms with van der Waals surface area (Å²) in [6.45, 7) is 1.26. The zero-order valence-electron chi connectivity index (χ0n) is 14.0. The van der Waals surface area contributed by atoms with Crippen molar-refractivity contribution in [2.45, 2.75) is 44.9 Å². The van der Waals surface area contributed by atoms with E-state index in [9.17, 15) is 14.0 Å². The van der Waals surface area contributed by atoms with E-state index < -0.39 is 0 Å². The summed E-state index contributed by atoms with van der Waals surface area (Å²) < 4.78 is 12.9. The summed E-state index contributed by atoms with van der Waals surface area (Å²) in [7, 11) is 0. The van der Waals surface area contributed by atoms with E-state index >= 15 is 0 Å². The predicted molar refractivity (Wildman–Crippen MR) is 90.9 cm³/mol. The van der Waals surface area contributed by atoms with Gasteiger partial charge in [-0.25, -0.2) is 4.39 Å². The largest absolute Gasteiger partial charge is 0.342 e. The summed E-state index contributed by atoms with van der Waals surface area (Å²) in [6, 6.07) is 5.77. The van der Waals surface area contributed by atoms with Crippen LogP contribution in [0.2, 0.25) is 0 Å². The predicted octanol–water partition coefficient (Wildman–Crippen LogP) is 3.58. The first-order valence-electron chi connectivity index (χ1n) is 8.99. The second kappa shape index (κ2) is 7.77. The number of carbonyl (C=O) groups excluding carboxylic acids is 2. The molecule has 5 heteroatoms. The highest BCUT2D eigenvalue weighted by Crippen LogP contribution is 2.28. The van der Waals surface area contributed by atoms with Gasteiger partial charge in [0.05, 0.1) is 5.92 Å². The zero-order chi connectivity index (χ0) is 16.9. The number of nitrogens with zero attached hydrogens (tertiary/aromatic N) is 1. The highest BCUT2D eigenvalue weighted by atomic mass is 19.1. The molecule has 3 rings (SSSR count). The first-order chi connectivity index (χ1) is 11.6. The molecule has 24 heavy (non-hydrogen) atoms. The fourth-order valence-corrected chi connectivity index (χ4v) is 3.78. The Hall–Kier alpha value is -1.91. The summed E-state index contributed by atoms with van der Waals surface area (Å²) in [6.07, 6.45) is 7.13. The zero-order valence-corrected chi connectivity index (χ0v) is 14.0. The molecule has 1 saturated carbocycles. The number of hydrogen-bond acceptors (Lipinski definition) is 2. The first kappa shape index (κ1) is 16.9. The Bertz CT molecular complexity index is 582. The van der Waals surface area contributed by atoms with Gasteiger partial charge in [-0.15, -0.1) is 0 Å². The van der Waals surface area contributed by atoms with E-state index in [1.165, 1.54) is 18.6 Å². The lowest BCUT2D eigenvalue weighted by atomic mass is 9.87. The van der Waals surface area contributed by atoms with E-state index in [0.29, 0.717) is 12.2 Å². The molecule has 0 spiro atoms. The van der Waals surface area contributed by atoms with E-state index in [-0.39, 0.29) is 29.5 Å². The maximum absolute atomic E-state index is 12.9. The van der Waals surface area contributed by atoms with Crippen molar-refractivity contribution < 1.29 is 14.0 Å². The number of likely N-dealkylation sites (tertiary alicyclic amines) is 1. The smallest absolute Gasteiger partial charge is 0.229 e. The molecule has 0 radical (unpaired) electrons. The van der Waals surface area contributed by atoms with Crippen LogP contribution in [0.1, 0.15) is 44.9 Å². The molecular formula is C19H25FN2O2. The Kier molecular flexibility index (Phi) is 5.48. The fourth-order valence-electron chi connectivity index (χ4n) is 3.78. The molecule has 1 aliphatic carbocycles. The Balaban J connectivity index is 1.57. The molecule has 0 aromatic heterocycles. The molecule has 0 unspecified atom stereocenters. The van der Waals surface area contributed by atoms with Gasteiger partial charge >= 0.3 is 0 Å². The van der Waals surface area contributed by atoms with Gasteiger partial charge in [-0.2, -0.15) is 0 Å². The molecule has 2 aliphatic rings. The number of benzene rings is 1. The van der Waals surface area contributed by atoms with E-state index in [4.69, 9.17) is 0 Å². The molecular weight excluding hydrogens is 307 g/mol. The van der Waals surface area contributed by atoms with Gasteiger partial charge in [0, 0.05) is 24.7 Å². The van der Waals surface area contributed by atoms with Crippen LogP contribution in [0.25, 0.3) is 0 Å². The number of nitrogens with one attached hydrogen (secondary N) is 1. The van der Waals surface area contributed by atoms with Gasteiger partial charge in [0.25, 0.3) is 0 Å². The van der Waals surface area contributed by atoms with E-state index in [0.717, 1.165) is 45.1 Å². The Morgan fingerprint density at radius 3 is 2.33 bits per heavy atom. The summed E-state index contributed by atoms with van der Waals surface area (Å²) in [5.74, 6) is -0.208. The van der Waals surface area contributed by atoms with Crippen LogP contribution < -0.4 is 5.32 Å². The number of piperidine rings is 1. The van der Waals surface area contributed by atoms with Crippen molar-refractivity contribution in [1.82, 2.24) is 4.90 Å². The van der Waals surface area contributed by atoms with Crippen LogP contribution in [-0.4, -0.2) is 29.8 Å². The topological polar surface area (TPSA) is 49.4 Å². The summed E-state index contributed by atoms with van der Waals surface area (Å²) >= 11 is 0. The number of halogens is 1. The van der Waals surface area contributed by atoms with Gasteiger partial charge in [-0.3, -0.25) is 9.59 Å². The molecule has 1 N–H and O–H groups in total. The maximum atomic E-state index is 12.9. The van der Waals surface area contributed by atoms with Crippen LogP contribution in [0.5, 0.6) is 0 Å². The Morgan fingerprint density at radius 2 is 1.62 bits per heavy atom. The Morgan fingerprint density at radius 1 is 0.958 bits per heavy atom. The van der Waals surface area contributed by atoms with Gasteiger partial charge in [0.2, 0.25) is 11.8 Å². The number of anilines is 1. The monoisotopic (exact) mass is 332 g/mol.